The van der Waals surface area contributed by atoms with E-state index in [1.165, 1.54) is 5.56 Å². The summed E-state index contributed by atoms with van der Waals surface area (Å²) in [5.74, 6) is 0.602. The van der Waals surface area contributed by atoms with Crippen molar-refractivity contribution in [3.8, 4) is 0 Å². The Labute approximate surface area is 127 Å². The largest absolute Gasteiger partial charge is 0.390 e. The van der Waals surface area contributed by atoms with Crippen LogP contribution in [-0.4, -0.2) is 41.7 Å². The number of aliphatic hydroxyl groups is 1. The molecule has 2 N–H and O–H groups in total. The minimum Gasteiger partial charge on any atom is -0.390 e. The Balaban J connectivity index is 1.85. The molecule has 1 saturated heterocycles. The van der Waals surface area contributed by atoms with Gasteiger partial charge in [0.15, 0.2) is 0 Å². The van der Waals surface area contributed by atoms with Crippen molar-refractivity contribution in [1.82, 2.24) is 10.2 Å². The summed E-state index contributed by atoms with van der Waals surface area (Å²) in [5.41, 5.74) is 1.23. The molecule has 21 heavy (non-hydrogen) atoms. The van der Waals surface area contributed by atoms with E-state index in [0.29, 0.717) is 25.4 Å². The first-order chi connectivity index (χ1) is 10.1. The third-order valence-electron chi connectivity index (χ3n) is 4.00. The maximum atomic E-state index is 11.6. The monoisotopic (exact) mass is 290 g/mol. The Morgan fingerprint density at radius 3 is 2.57 bits per heavy atom. The van der Waals surface area contributed by atoms with E-state index < -0.39 is 6.10 Å². The Morgan fingerprint density at radius 2 is 2.00 bits per heavy atom. The van der Waals surface area contributed by atoms with Gasteiger partial charge in [-0.1, -0.05) is 44.2 Å². The minimum absolute atomic E-state index is 0.164. The van der Waals surface area contributed by atoms with Gasteiger partial charge in [-0.15, -0.1) is 0 Å². The van der Waals surface area contributed by atoms with Gasteiger partial charge in [0.2, 0.25) is 5.91 Å². The van der Waals surface area contributed by atoms with Crippen molar-refractivity contribution in [3.63, 3.8) is 0 Å². The zero-order chi connectivity index (χ0) is 15.2. The van der Waals surface area contributed by atoms with Crippen LogP contribution in [0.25, 0.3) is 0 Å². The molecule has 0 aromatic heterocycles. The molecule has 0 saturated carbocycles. The molecular formula is C17H26N2O2. The highest BCUT2D eigenvalue weighted by molar-refractivity contribution is 5.78. The second-order valence-electron chi connectivity index (χ2n) is 6.14. The first kappa shape index (κ1) is 16.0. The predicted molar refractivity (Wildman–Crippen MR) is 83.8 cm³/mol. The molecule has 0 aliphatic carbocycles. The van der Waals surface area contributed by atoms with Crippen molar-refractivity contribution in [2.24, 2.45) is 5.92 Å². The van der Waals surface area contributed by atoms with Crippen LogP contribution < -0.4 is 5.32 Å². The number of likely N-dealkylation sites (tertiary alicyclic amines) is 1. The number of rotatable bonds is 7. The number of amides is 1. The van der Waals surface area contributed by atoms with Gasteiger partial charge in [-0.25, -0.2) is 0 Å². The number of nitrogens with one attached hydrogen (secondary N) is 1. The maximum Gasteiger partial charge on any atom is 0.222 e. The van der Waals surface area contributed by atoms with Crippen LogP contribution in [0, 0.1) is 5.92 Å². The fourth-order valence-corrected chi connectivity index (χ4v) is 2.88. The SMILES string of the molecule is CC(C)C(NCC(O)CN1CCCC1=O)c1ccccc1. The lowest BCUT2D eigenvalue weighted by Gasteiger charge is -2.26. The third kappa shape index (κ3) is 4.55. The Morgan fingerprint density at radius 1 is 1.29 bits per heavy atom. The van der Waals surface area contributed by atoms with Crippen molar-refractivity contribution in [2.75, 3.05) is 19.6 Å². The van der Waals surface area contributed by atoms with Gasteiger partial charge in [0.1, 0.15) is 0 Å². The molecule has 0 bridgehead atoms. The molecule has 1 aromatic rings. The number of benzene rings is 1. The topological polar surface area (TPSA) is 52.6 Å². The van der Waals surface area contributed by atoms with Crippen molar-refractivity contribution >= 4 is 5.91 Å². The number of hydrogen-bond acceptors (Lipinski definition) is 3. The van der Waals surface area contributed by atoms with Crippen LogP contribution in [0.15, 0.2) is 30.3 Å². The van der Waals surface area contributed by atoms with Crippen LogP contribution in [0.2, 0.25) is 0 Å². The molecule has 2 unspecified atom stereocenters. The summed E-state index contributed by atoms with van der Waals surface area (Å²) in [6.45, 7) is 6.05. The predicted octanol–water partition coefficient (Wildman–Crippen LogP) is 1.96. The molecular weight excluding hydrogens is 264 g/mol. The quantitative estimate of drug-likeness (QED) is 0.807. The number of carbonyl (C=O) groups excluding carboxylic acids is 1. The second kappa shape index (κ2) is 7.57. The van der Waals surface area contributed by atoms with Gasteiger partial charge in [0, 0.05) is 32.1 Å². The van der Waals surface area contributed by atoms with E-state index >= 15 is 0 Å². The zero-order valence-electron chi connectivity index (χ0n) is 13.0. The normalized spacial score (nSPS) is 18.3. The molecule has 2 rings (SSSR count). The van der Waals surface area contributed by atoms with E-state index in [0.717, 1.165) is 13.0 Å². The van der Waals surface area contributed by atoms with E-state index in [1.807, 2.05) is 18.2 Å². The van der Waals surface area contributed by atoms with Crippen LogP contribution in [0.3, 0.4) is 0 Å². The number of β-amino-alcohol motifs (C(OH)–C–C–N with tert-alkyl or cyclic N) is 1. The lowest BCUT2D eigenvalue weighted by Crippen LogP contribution is -2.40. The Hall–Kier alpha value is -1.39. The summed E-state index contributed by atoms with van der Waals surface area (Å²) in [7, 11) is 0. The standard InChI is InChI=1S/C17H26N2O2/c1-13(2)17(14-7-4-3-5-8-14)18-11-15(20)12-19-10-6-9-16(19)21/h3-5,7-8,13,15,17-18,20H,6,9-12H2,1-2H3. The van der Waals surface area contributed by atoms with Gasteiger partial charge >= 0.3 is 0 Å². The average Bonchev–Trinajstić information content (AvgIpc) is 2.85. The van der Waals surface area contributed by atoms with Crippen LogP contribution in [0.4, 0.5) is 0 Å². The van der Waals surface area contributed by atoms with E-state index in [4.69, 9.17) is 0 Å². The summed E-state index contributed by atoms with van der Waals surface area (Å²) in [6.07, 6.45) is 1.02. The zero-order valence-corrected chi connectivity index (χ0v) is 13.0. The summed E-state index contributed by atoms with van der Waals surface area (Å²) >= 11 is 0. The molecule has 1 amide bonds. The van der Waals surface area contributed by atoms with Gasteiger partial charge in [-0.2, -0.15) is 0 Å². The first-order valence-corrected chi connectivity index (χ1v) is 7.82. The molecule has 116 valence electrons. The smallest absolute Gasteiger partial charge is 0.222 e. The molecule has 0 spiro atoms. The average molecular weight is 290 g/mol. The number of aliphatic hydroxyl groups excluding tert-OH is 1. The molecule has 4 heteroatoms. The Kier molecular flexibility index (Phi) is 5.76. The highest BCUT2D eigenvalue weighted by Crippen LogP contribution is 2.21. The fraction of sp³-hybridized carbons (Fsp3) is 0.588. The van der Waals surface area contributed by atoms with E-state index in [1.54, 1.807) is 4.90 Å². The van der Waals surface area contributed by atoms with Crippen molar-refractivity contribution in [2.45, 2.75) is 38.8 Å². The molecule has 1 aromatic carbocycles. The lowest BCUT2D eigenvalue weighted by molar-refractivity contribution is -0.128. The highest BCUT2D eigenvalue weighted by Gasteiger charge is 2.23. The fourth-order valence-electron chi connectivity index (χ4n) is 2.88. The molecule has 1 aliphatic heterocycles. The van der Waals surface area contributed by atoms with Crippen molar-refractivity contribution in [3.05, 3.63) is 35.9 Å². The Bertz CT molecular complexity index is 447. The van der Waals surface area contributed by atoms with Crippen LogP contribution >= 0.6 is 0 Å². The molecule has 1 fully saturated rings. The summed E-state index contributed by atoms with van der Waals surface area (Å²) in [4.78, 5) is 13.3. The maximum absolute atomic E-state index is 11.6. The van der Waals surface area contributed by atoms with Crippen LogP contribution in [0.1, 0.15) is 38.3 Å². The third-order valence-corrected chi connectivity index (χ3v) is 4.00. The summed E-state index contributed by atoms with van der Waals surface area (Å²) in [6, 6.07) is 10.5. The molecule has 1 heterocycles. The van der Waals surface area contributed by atoms with E-state index in [-0.39, 0.29) is 11.9 Å². The summed E-state index contributed by atoms with van der Waals surface area (Å²) in [5, 5.41) is 13.6. The van der Waals surface area contributed by atoms with Gasteiger partial charge in [-0.3, -0.25) is 4.79 Å². The minimum atomic E-state index is -0.517. The highest BCUT2D eigenvalue weighted by atomic mass is 16.3. The molecule has 0 radical (unpaired) electrons. The number of carbonyl (C=O) groups is 1. The second-order valence-corrected chi connectivity index (χ2v) is 6.14. The van der Waals surface area contributed by atoms with Crippen LogP contribution in [0.5, 0.6) is 0 Å². The van der Waals surface area contributed by atoms with Gasteiger partial charge < -0.3 is 15.3 Å². The first-order valence-electron chi connectivity index (χ1n) is 7.82. The van der Waals surface area contributed by atoms with Crippen molar-refractivity contribution < 1.29 is 9.90 Å². The van der Waals surface area contributed by atoms with E-state index in [2.05, 4.69) is 31.3 Å². The molecule has 4 nitrogen and oxygen atoms in total. The molecule has 1 aliphatic rings. The van der Waals surface area contributed by atoms with Crippen LogP contribution in [-0.2, 0) is 4.79 Å². The van der Waals surface area contributed by atoms with E-state index in [9.17, 15) is 9.90 Å². The molecule has 2 atom stereocenters. The number of nitrogens with zero attached hydrogens (tertiary/aromatic N) is 1. The van der Waals surface area contributed by atoms with Crippen molar-refractivity contribution in [1.29, 1.82) is 0 Å². The number of hydrogen-bond donors (Lipinski definition) is 2. The van der Waals surface area contributed by atoms with Gasteiger partial charge in [0.25, 0.3) is 0 Å². The lowest BCUT2D eigenvalue weighted by atomic mass is 9.96. The van der Waals surface area contributed by atoms with Gasteiger partial charge in [0.05, 0.1) is 6.10 Å². The van der Waals surface area contributed by atoms with Gasteiger partial charge in [-0.05, 0) is 17.9 Å². The summed E-state index contributed by atoms with van der Waals surface area (Å²) < 4.78 is 0.